The predicted molar refractivity (Wildman–Crippen MR) is 64.6 cm³/mol. The Morgan fingerprint density at radius 2 is 2.00 bits per heavy atom. The monoisotopic (exact) mass is 232 g/mol. The molecule has 0 saturated heterocycles. The number of hydrogen-bond acceptors (Lipinski definition) is 4. The number of aryl methyl sites for hydroxylation is 2. The number of nitrogens with one attached hydrogen (secondary N) is 1. The van der Waals surface area contributed by atoms with Gasteiger partial charge in [0.1, 0.15) is 17.3 Å². The molecule has 2 N–H and O–H groups in total. The highest BCUT2D eigenvalue weighted by atomic mass is 16.3. The third-order valence-corrected chi connectivity index (χ3v) is 2.48. The molecule has 0 bridgehead atoms. The maximum atomic E-state index is 9.61. The molecule has 2 aromatic heterocycles. The zero-order chi connectivity index (χ0) is 12.3. The molecule has 4 nitrogen and oxygen atoms in total. The van der Waals surface area contributed by atoms with E-state index in [4.69, 9.17) is 4.42 Å². The van der Waals surface area contributed by atoms with Crippen molar-refractivity contribution in [3.05, 3.63) is 47.2 Å². The number of hydrogen-bond donors (Lipinski definition) is 2. The molecule has 0 aromatic carbocycles. The average Bonchev–Trinajstić information content (AvgIpc) is 2.69. The van der Waals surface area contributed by atoms with Crippen LogP contribution in [0.2, 0.25) is 0 Å². The van der Waals surface area contributed by atoms with E-state index in [1.54, 1.807) is 12.1 Å². The van der Waals surface area contributed by atoms with E-state index in [2.05, 4.69) is 10.3 Å². The number of rotatable bonds is 4. The van der Waals surface area contributed by atoms with Crippen molar-refractivity contribution in [1.82, 2.24) is 10.3 Å². The summed E-state index contributed by atoms with van der Waals surface area (Å²) >= 11 is 0. The lowest BCUT2D eigenvalue weighted by Gasteiger charge is -2.05. The van der Waals surface area contributed by atoms with Crippen molar-refractivity contribution < 1.29 is 9.52 Å². The molecule has 2 heterocycles. The third-order valence-electron chi connectivity index (χ3n) is 2.48. The molecular weight excluding hydrogens is 216 g/mol. The van der Waals surface area contributed by atoms with Gasteiger partial charge in [-0.15, -0.1) is 0 Å². The third kappa shape index (κ3) is 3.07. The molecule has 90 valence electrons. The van der Waals surface area contributed by atoms with Crippen molar-refractivity contribution in [1.29, 1.82) is 0 Å². The number of furan rings is 1. The fraction of sp³-hybridized carbons (Fsp3) is 0.308. The second kappa shape index (κ2) is 5.01. The Balaban J connectivity index is 1.91. The molecule has 4 heteroatoms. The number of aromatic nitrogens is 1. The van der Waals surface area contributed by atoms with E-state index in [9.17, 15) is 5.11 Å². The molecule has 0 atom stereocenters. The lowest BCUT2D eigenvalue weighted by molar-refractivity contribution is 0.444. The van der Waals surface area contributed by atoms with Gasteiger partial charge in [-0.25, -0.2) is 0 Å². The molecule has 0 unspecified atom stereocenters. The normalized spacial score (nSPS) is 10.7. The van der Waals surface area contributed by atoms with Gasteiger partial charge in [0, 0.05) is 12.2 Å². The van der Waals surface area contributed by atoms with Gasteiger partial charge in [-0.3, -0.25) is 4.98 Å². The second-order valence-electron chi connectivity index (χ2n) is 4.03. The molecule has 0 saturated carbocycles. The first kappa shape index (κ1) is 11.7. The summed E-state index contributed by atoms with van der Waals surface area (Å²) in [6.45, 7) is 4.96. The van der Waals surface area contributed by atoms with Crippen molar-refractivity contribution in [3.8, 4) is 5.75 Å². The van der Waals surface area contributed by atoms with Crippen LogP contribution in [0.15, 0.2) is 28.7 Å². The molecule has 0 amide bonds. The summed E-state index contributed by atoms with van der Waals surface area (Å²) in [5.41, 5.74) is 1.56. The van der Waals surface area contributed by atoms with Gasteiger partial charge in [0.05, 0.1) is 12.2 Å². The largest absolute Gasteiger partial charge is 0.506 e. The Morgan fingerprint density at radius 3 is 2.71 bits per heavy atom. The standard InChI is InChI=1S/C13H16N2O2/c1-9-3-6-13(16)12(15-9)8-14-7-11-5-4-10(2)17-11/h3-6,14,16H,7-8H2,1-2H3. The van der Waals surface area contributed by atoms with Gasteiger partial charge in [-0.05, 0) is 38.1 Å². The van der Waals surface area contributed by atoms with E-state index in [0.29, 0.717) is 18.8 Å². The molecule has 2 aromatic rings. The molecule has 0 aliphatic heterocycles. The minimum Gasteiger partial charge on any atom is -0.506 e. The van der Waals surface area contributed by atoms with Gasteiger partial charge in [-0.1, -0.05) is 0 Å². The van der Waals surface area contributed by atoms with Crippen LogP contribution >= 0.6 is 0 Å². The van der Waals surface area contributed by atoms with Crippen LogP contribution in [0.3, 0.4) is 0 Å². The molecule has 0 aliphatic rings. The van der Waals surface area contributed by atoms with Crippen LogP contribution < -0.4 is 5.32 Å². The first-order valence-electron chi connectivity index (χ1n) is 5.56. The molecule has 0 radical (unpaired) electrons. The summed E-state index contributed by atoms with van der Waals surface area (Å²) < 4.78 is 5.43. The van der Waals surface area contributed by atoms with E-state index < -0.39 is 0 Å². The highest BCUT2D eigenvalue weighted by molar-refractivity contribution is 5.27. The van der Waals surface area contributed by atoms with E-state index in [-0.39, 0.29) is 5.75 Å². The Kier molecular flexibility index (Phi) is 3.44. The summed E-state index contributed by atoms with van der Waals surface area (Å²) in [6.07, 6.45) is 0. The second-order valence-corrected chi connectivity index (χ2v) is 4.03. The topological polar surface area (TPSA) is 58.3 Å². The Bertz CT molecular complexity index is 506. The maximum absolute atomic E-state index is 9.61. The lowest BCUT2D eigenvalue weighted by atomic mass is 10.3. The number of nitrogens with zero attached hydrogens (tertiary/aromatic N) is 1. The highest BCUT2D eigenvalue weighted by Gasteiger charge is 2.03. The van der Waals surface area contributed by atoms with Gasteiger partial charge in [0.25, 0.3) is 0 Å². The summed E-state index contributed by atoms with van der Waals surface area (Å²) in [7, 11) is 0. The smallest absolute Gasteiger partial charge is 0.138 e. The van der Waals surface area contributed by atoms with Crippen LogP contribution in [-0.4, -0.2) is 10.1 Å². The highest BCUT2D eigenvalue weighted by Crippen LogP contribution is 2.14. The van der Waals surface area contributed by atoms with Crippen molar-refractivity contribution >= 4 is 0 Å². The maximum Gasteiger partial charge on any atom is 0.138 e. The Morgan fingerprint density at radius 1 is 1.18 bits per heavy atom. The van der Waals surface area contributed by atoms with Crippen LogP contribution in [0.25, 0.3) is 0 Å². The number of pyridine rings is 1. The molecule has 2 rings (SSSR count). The zero-order valence-electron chi connectivity index (χ0n) is 10.0. The lowest BCUT2D eigenvalue weighted by Crippen LogP contribution is -2.13. The molecule has 0 fully saturated rings. The molecule has 0 aliphatic carbocycles. The zero-order valence-corrected chi connectivity index (χ0v) is 10.0. The van der Waals surface area contributed by atoms with E-state index >= 15 is 0 Å². The minimum atomic E-state index is 0.221. The summed E-state index contributed by atoms with van der Waals surface area (Å²) in [5.74, 6) is 2.01. The van der Waals surface area contributed by atoms with Crippen molar-refractivity contribution in [2.75, 3.05) is 0 Å². The van der Waals surface area contributed by atoms with Crippen LogP contribution in [0.5, 0.6) is 5.75 Å². The molecular formula is C13H16N2O2. The minimum absolute atomic E-state index is 0.221. The first-order chi connectivity index (χ1) is 8.15. The predicted octanol–water partition coefficient (Wildman–Crippen LogP) is 2.29. The van der Waals surface area contributed by atoms with Crippen molar-refractivity contribution in [3.63, 3.8) is 0 Å². The van der Waals surface area contributed by atoms with E-state index in [1.165, 1.54) is 0 Å². The van der Waals surface area contributed by atoms with Gasteiger partial charge in [0.2, 0.25) is 0 Å². The fourth-order valence-electron chi connectivity index (χ4n) is 1.62. The quantitative estimate of drug-likeness (QED) is 0.849. The average molecular weight is 232 g/mol. The van der Waals surface area contributed by atoms with Crippen molar-refractivity contribution in [2.45, 2.75) is 26.9 Å². The van der Waals surface area contributed by atoms with Crippen LogP contribution in [0.4, 0.5) is 0 Å². The fourth-order valence-corrected chi connectivity index (χ4v) is 1.62. The Hall–Kier alpha value is -1.81. The molecule has 17 heavy (non-hydrogen) atoms. The summed E-state index contributed by atoms with van der Waals surface area (Å²) in [6, 6.07) is 7.32. The Labute approximate surface area is 100 Å². The van der Waals surface area contributed by atoms with Crippen LogP contribution in [0, 0.1) is 13.8 Å². The van der Waals surface area contributed by atoms with Crippen LogP contribution in [-0.2, 0) is 13.1 Å². The van der Waals surface area contributed by atoms with Gasteiger partial charge in [0.15, 0.2) is 0 Å². The SMILES string of the molecule is Cc1ccc(O)c(CNCc2ccc(C)o2)n1. The molecule has 0 spiro atoms. The van der Waals surface area contributed by atoms with Gasteiger partial charge in [-0.2, -0.15) is 0 Å². The van der Waals surface area contributed by atoms with Gasteiger partial charge < -0.3 is 14.8 Å². The van der Waals surface area contributed by atoms with E-state index in [0.717, 1.165) is 17.2 Å². The van der Waals surface area contributed by atoms with Crippen LogP contribution in [0.1, 0.15) is 22.9 Å². The van der Waals surface area contributed by atoms with Gasteiger partial charge >= 0.3 is 0 Å². The van der Waals surface area contributed by atoms with E-state index in [1.807, 2.05) is 26.0 Å². The van der Waals surface area contributed by atoms with Crippen molar-refractivity contribution in [2.24, 2.45) is 0 Å². The summed E-state index contributed by atoms with van der Waals surface area (Å²) in [4.78, 5) is 4.27. The summed E-state index contributed by atoms with van der Waals surface area (Å²) in [5, 5.41) is 12.8. The number of aromatic hydroxyl groups is 1. The first-order valence-corrected chi connectivity index (χ1v) is 5.56.